The van der Waals surface area contributed by atoms with Crippen LogP contribution in [0.25, 0.3) is 22.2 Å². The summed E-state index contributed by atoms with van der Waals surface area (Å²) < 4.78 is 0. The van der Waals surface area contributed by atoms with Crippen LogP contribution in [0.5, 0.6) is 0 Å². The third-order valence-corrected chi connectivity index (χ3v) is 5.60. The molecule has 1 amide bonds. The number of thioether (sulfide) groups is 1. The Morgan fingerprint density at radius 2 is 2.00 bits per heavy atom. The molecule has 0 unspecified atom stereocenters. The quantitative estimate of drug-likeness (QED) is 0.492. The number of rotatable bonds is 5. The molecule has 0 spiro atoms. The Morgan fingerprint density at radius 3 is 2.72 bits per heavy atom. The highest BCUT2D eigenvalue weighted by Crippen LogP contribution is 2.36. The third kappa shape index (κ3) is 3.95. The molecule has 0 atom stereocenters. The minimum Gasteiger partial charge on any atom is -0.294 e. The normalized spacial score (nSPS) is 10.6. The van der Waals surface area contributed by atoms with E-state index in [0.29, 0.717) is 11.5 Å². The number of hydrogen-bond acceptors (Lipinski definition) is 6. The molecular formula is C21H16N6OS. The lowest BCUT2D eigenvalue weighted by molar-refractivity contribution is -0.113. The standard InChI is InChI=1S/C21H16N6OS/c1-13-16-4-2-3-5-17(16)25-19(15-8-6-14(10-22)7-9-15)20(13)29-11-18(28)26-21-23-12-24-27-21/h2-9,12H,11H2,1H3,(H2,23,24,26,27,28). The molecule has 0 saturated heterocycles. The summed E-state index contributed by atoms with van der Waals surface area (Å²) in [6.45, 7) is 2.04. The number of nitrogens with one attached hydrogen (secondary N) is 2. The second-order valence-corrected chi connectivity index (χ2v) is 7.28. The van der Waals surface area contributed by atoms with E-state index in [-0.39, 0.29) is 11.7 Å². The van der Waals surface area contributed by atoms with Crippen molar-refractivity contribution < 1.29 is 4.79 Å². The van der Waals surface area contributed by atoms with E-state index < -0.39 is 0 Å². The number of H-pyrrole nitrogens is 1. The SMILES string of the molecule is Cc1c(SCC(=O)Nc2ncn[nH]2)c(-c2ccc(C#N)cc2)nc2ccccc12. The van der Waals surface area contributed by atoms with Crippen LogP contribution in [0, 0.1) is 18.3 Å². The molecule has 8 heteroatoms. The Bertz CT molecular complexity index is 1210. The summed E-state index contributed by atoms with van der Waals surface area (Å²) in [4.78, 5) is 22.0. The Hall–Kier alpha value is -3.70. The number of para-hydroxylation sites is 1. The lowest BCUT2D eigenvalue weighted by Crippen LogP contribution is -2.15. The third-order valence-electron chi connectivity index (χ3n) is 4.40. The molecular weight excluding hydrogens is 384 g/mol. The van der Waals surface area contributed by atoms with Crippen molar-refractivity contribution in [3.63, 3.8) is 0 Å². The minimum atomic E-state index is -0.190. The molecule has 0 aliphatic heterocycles. The van der Waals surface area contributed by atoms with Crippen molar-refractivity contribution in [1.82, 2.24) is 20.2 Å². The van der Waals surface area contributed by atoms with Crippen LogP contribution < -0.4 is 5.32 Å². The first kappa shape index (κ1) is 18.7. The number of anilines is 1. The second-order valence-electron chi connectivity index (χ2n) is 6.29. The molecule has 7 nitrogen and oxygen atoms in total. The number of benzene rings is 2. The van der Waals surface area contributed by atoms with Crippen LogP contribution in [-0.2, 0) is 4.79 Å². The first-order valence-electron chi connectivity index (χ1n) is 8.83. The first-order chi connectivity index (χ1) is 14.2. The number of carbonyl (C=O) groups excluding carboxylic acids is 1. The summed E-state index contributed by atoms with van der Waals surface area (Å²) in [6.07, 6.45) is 1.34. The predicted octanol–water partition coefficient (Wildman–Crippen LogP) is 3.93. The van der Waals surface area contributed by atoms with Crippen molar-refractivity contribution in [2.45, 2.75) is 11.8 Å². The molecule has 0 bridgehead atoms. The number of pyridine rings is 1. The van der Waals surface area contributed by atoms with Crippen LogP contribution in [-0.4, -0.2) is 31.8 Å². The van der Waals surface area contributed by atoms with Gasteiger partial charge in [-0.2, -0.15) is 15.3 Å². The van der Waals surface area contributed by atoms with Crippen molar-refractivity contribution >= 4 is 34.5 Å². The van der Waals surface area contributed by atoms with Gasteiger partial charge in [0.25, 0.3) is 0 Å². The molecule has 2 N–H and O–H groups in total. The molecule has 0 aliphatic carbocycles. The molecule has 0 aliphatic rings. The summed E-state index contributed by atoms with van der Waals surface area (Å²) in [7, 11) is 0. The van der Waals surface area contributed by atoms with Crippen molar-refractivity contribution in [2.75, 3.05) is 11.1 Å². The largest absolute Gasteiger partial charge is 0.294 e. The molecule has 2 aromatic heterocycles. The van der Waals surface area contributed by atoms with Crippen molar-refractivity contribution in [2.24, 2.45) is 0 Å². The summed E-state index contributed by atoms with van der Waals surface area (Å²) in [6, 6.07) is 17.4. The van der Waals surface area contributed by atoms with Gasteiger partial charge in [-0.15, -0.1) is 11.8 Å². The van der Waals surface area contributed by atoms with Crippen LogP contribution in [0.3, 0.4) is 0 Å². The highest BCUT2D eigenvalue weighted by atomic mass is 32.2. The maximum atomic E-state index is 12.3. The monoisotopic (exact) mass is 400 g/mol. The van der Waals surface area contributed by atoms with E-state index in [4.69, 9.17) is 10.2 Å². The van der Waals surface area contributed by atoms with E-state index in [2.05, 4.69) is 26.6 Å². The highest BCUT2D eigenvalue weighted by molar-refractivity contribution is 8.00. The maximum Gasteiger partial charge on any atom is 0.237 e. The number of aromatic nitrogens is 4. The molecule has 2 heterocycles. The van der Waals surface area contributed by atoms with Gasteiger partial charge in [-0.3, -0.25) is 10.1 Å². The highest BCUT2D eigenvalue weighted by Gasteiger charge is 2.16. The van der Waals surface area contributed by atoms with Gasteiger partial charge < -0.3 is 0 Å². The molecule has 29 heavy (non-hydrogen) atoms. The lowest BCUT2D eigenvalue weighted by atomic mass is 10.0. The fourth-order valence-electron chi connectivity index (χ4n) is 3.01. The zero-order chi connectivity index (χ0) is 20.2. The summed E-state index contributed by atoms with van der Waals surface area (Å²) in [5.41, 5.74) is 4.23. The van der Waals surface area contributed by atoms with Crippen molar-refractivity contribution in [3.8, 4) is 17.3 Å². The number of nitriles is 1. The zero-order valence-electron chi connectivity index (χ0n) is 15.5. The van der Waals surface area contributed by atoms with Gasteiger partial charge >= 0.3 is 0 Å². The maximum absolute atomic E-state index is 12.3. The summed E-state index contributed by atoms with van der Waals surface area (Å²) in [5, 5.41) is 19.1. The van der Waals surface area contributed by atoms with Gasteiger partial charge in [0.2, 0.25) is 11.9 Å². The minimum absolute atomic E-state index is 0.190. The van der Waals surface area contributed by atoms with E-state index in [1.807, 2.05) is 43.3 Å². The van der Waals surface area contributed by atoms with E-state index in [1.54, 1.807) is 12.1 Å². The fourth-order valence-corrected chi connectivity index (χ4v) is 3.98. The average Bonchev–Trinajstić information content (AvgIpc) is 3.26. The smallest absolute Gasteiger partial charge is 0.237 e. The second kappa shape index (κ2) is 8.12. The van der Waals surface area contributed by atoms with Crippen LogP contribution in [0.2, 0.25) is 0 Å². The van der Waals surface area contributed by atoms with Gasteiger partial charge in [-0.05, 0) is 30.7 Å². The molecule has 142 valence electrons. The van der Waals surface area contributed by atoms with Crippen molar-refractivity contribution in [1.29, 1.82) is 5.26 Å². The number of aromatic amines is 1. The number of hydrogen-bond donors (Lipinski definition) is 2. The van der Waals surface area contributed by atoms with Crippen LogP contribution >= 0.6 is 11.8 Å². The fraction of sp³-hybridized carbons (Fsp3) is 0.0952. The van der Waals surface area contributed by atoms with E-state index in [9.17, 15) is 4.79 Å². The molecule has 0 radical (unpaired) electrons. The predicted molar refractivity (Wildman–Crippen MR) is 112 cm³/mol. The Morgan fingerprint density at radius 1 is 1.21 bits per heavy atom. The number of fused-ring (bicyclic) bond motifs is 1. The summed E-state index contributed by atoms with van der Waals surface area (Å²) >= 11 is 1.42. The number of carbonyl (C=O) groups is 1. The zero-order valence-corrected chi connectivity index (χ0v) is 16.3. The Kier molecular flexibility index (Phi) is 5.22. The Balaban J connectivity index is 1.71. The summed E-state index contributed by atoms with van der Waals surface area (Å²) in [5.74, 6) is 0.326. The number of aryl methyl sites for hydroxylation is 1. The van der Waals surface area contributed by atoms with Crippen molar-refractivity contribution in [3.05, 3.63) is 66.0 Å². The molecule has 2 aromatic carbocycles. The van der Waals surface area contributed by atoms with Crippen LogP contribution in [0.15, 0.2) is 59.8 Å². The van der Waals surface area contributed by atoms with Gasteiger partial charge in [0.15, 0.2) is 0 Å². The number of amides is 1. The van der Waals surface area contributed by atoms with Crippen LogP contribution in [0.1, 0.15) is 11.1 Å². The van der Waals surface area contributed by atoms with Gasteiger partial charge in [-0.25, -0.2) is 10.1 Å². The van der Waals surface area contributed by atoms with E-state index in [0.717, 1.165) is 32.6 Å². The van der Waals surface area contributed by atoms with E-state index >= 15 is 0 Å². The first-order valence-corrected chi connectivity index (χ1v) is 9.82. The van der Waals surface area contributed by atoms with Gasteiger partial charge in [-0.1, -0.05) is 30.3 Å². The molecule has 4 rings (SSSR count). The van der Waals surface area contributed by atoms with E-state index in [1.165, 1.54) is 18.1 Å². The molecule has 0 saturated carbocycles. The molecule has 0 fully saturated rings. The average molecular weight is 400 g/mol. The van der Waals surface area contributed by atoms with Gasteiger partial charge in [0.05, 0.1) is 28.6 Å². The van der Waals surface area contributed by atoms with Gasteiger partial charge in [0, 0.05) is 15.8 Å². The topological polar surface area (TPSA) is 107 Å². The van der Waals surface area contributed by atoms with Crippen LogP contribution in [0.4, 0.5) is 5.95 Å². The van der Waals surface area contributed by atoms with Gasteiger partial charge in [0.1, 0.15) is 6.33 Å². The molecule has 4 aromatic rings. The number of nitrogens with zero attached hydrogens (tertiary/aromatic N) is 4. The Labute approximate surface area is 171 Å². The lowest BCUT2D eigenvalue weighted by Gasteiger charge is -2.14.